The van der Waals surface area contributed by atoms with E-state index in [1.54, 1.807) is 25.7 Å². The van der Waals surface area contributed by atoms with Gasteiger partial charge in [-0.3, -0.25) is 0 Å². The normalized spacial score (nSPS) is 24.4. The molecule has 4 aliphatic carbocycles. The fourth-order valence-corrected chi connectivity index (χ4v) is 12.9. The molecule has 1 aromatic carbocycles. The van der Waals surface area contributed by atoms with Gasteiger partial charge in [-0.2, -0.15) is 0 Å². The van der Waals surface area contributed by atoms with Crippen molar-refractivity contribution in [1.29, 1.82) is 0 Å². The standard InChI is InChI=1S/C18H36.C14H22.C14H28.2C12H24/c1-3-5-7-9-11-17-13-15-18(16-14-17)12-10-8-6-4-2;1-3-4-5-6-7-8-14-11-9-13(2)10-12-14;1-3-5-7-13-9-11-14(12-10-13)8-6-4-2;1-3-4-5-6-12-9-7-11(2)8-10-12;1-3-5-11-7-9-12(6-4-2)10-8-11/h17-18H,3-16H2,1-2H3;9-12H,3-8H2,1-2H3;13-14H,3-12H2,1-2H3;2*11-12H,3-10H2,1-2H3. The third-order valence-corrected chi connectivity index (χ3v) is 18.2. The first-order valence-corrected chi connectivity index (χ1v) is 33.3. The van der Waals surface area contributed by atoms with Crippen molar-refractivity contribution in [3.8, 4) is 0 Å². The first-order valence-electron chi connectivity index (χ1n) is 33.3. The van der Waals surface area contributed by atoms with Gasteiger partial charge in [-0.1, -0.05) is 375 Å². The molecule has 0 unspecified atom stereocenters. The summed E-state index contributed by atoms with van der Waals surface area (Å²) in [6.07, 6.45) is 67.6. The first-order chi connectivity index (χ1) is 34.2. The lowest BCUT2D eigenvalue weighted by Crippen LogP contribution is -2.14. The molecule has 0 saturated heterocycles. The minimum atomic E-state index is 1.02. The monoisotopic (exact) mass is 975 g/mol. The van der Waals surface area contributed by atoms with Crippen LogP contribution in [0.5, 0.6) is 0 Å². The van der Waals surface area contributed by atoms with Crippen molar-refractivity contribution in [1.82, 2.24) is 0 Å². The molecule has 0 aromatic heterocycles. The van der Waals surface area contributed by atoms with Crippen LogP contribution in [0.4, 0.5) is 0 Å². The maximum Gasteiger partial charge on any atom is -0.0279 e. The van der Waals surface area contributed by atoms with Crippen LogP contribution in [0.25, 0.3) is 0 Å². The lowest BCUT2D eigenvalue weighted by molar-refractivity contribution is 0.244. The van der Waals surface area contributed by atoms with Gasteiger partial charge in [0.1, 0.15) is 0 Å². The second kappa shape index (κ2) is 49.1. The summed E-state index contributed by atoms with van der Waals surface area (Å²) in [5, 5.41) is 0. The Kier molecular flexibility index (Phi) is 47.2. The molecule has 0 bridgehead atoms. The highest BCUT2D eigenvalue weighted by atomic mass is 14.3. The molecule has 0 spiro atoms. The summed E-state index contributed by atoms with van der Waals surface area (Å²) in [6, 6.07) is 8.94. The minimum Gasteiger partial charge on any atom is -0.0654 e. The Hall–Kier alpha value is -0.780. The van der Waals surface area contributed by atoms with Crippen LogP contribution in [-0.4, -0.2) is 0 Å². The lowest BCUT2D eigenvalue weighted by atomic mass is 9.78. The number of unbranched alkanes of at least 4 members (excludes halogenated alkanes) is 14. The number of benzene rings is 1. The van der Waals surface area contributed by atoms with Crippen LogP contribution in [0, 0.1) is 54.3 Å². The molecule has 414 valence electrons. The van der Waals surface area contributed by atoms with E-state index in [1.807, 2.05) is 0 Å². The lowest BCUT2D eigenvalue weighted by Gasteiger charge is -2.28. The van der Waals surface area contributed by atoms with Crippen LogP contribution in [0.15, 0.2) is 24.3 Å². The second-order valence-electron chi connectivity index (χ2n) is 25.0. The van der Waals surface area contributed by atoms with E-state index >= 15 is 0 Å². The van der Waals surface area contributed by atoms with Gasteiger partial charge in [0, 0.05) is 0 Å². The number of hydrogen-bond acceptors (Lipinski definition) is 0. The Morgan fingerprint density at radius 2 is 0.529 bits per heavy atom. The van der Waals surface area contributed by atoms with Crippen LogP contribution >= 0.6 is 0 Å². The largest absolute Gasteiger partial charge is 0.0654 e. The third-order valence-electron chi connectivity index (χ3n) is 18.2. The summed E-state index contributed by atoms with van der Waals surface area (Å²) in [4.78, 5) is 0. The fourth-order valence-electron chi connectivity index (χ4n) is 12.9. The highest BCUT2D eigenvalue weighted by Gasteiger charge is 2.22. The SMILES string of the molecule is CCCC1CCC(CCC)CC1.CCCCC1CCC(CCCC)CC1.CCCCCC1CCC(C)CC1.CCCCCCC1CCC(CCCCCC)CC1.CCCCCCCc1ccc(C)cc1. The van der Waals surface area contributed by atoms with Gasteiger partial charge in [-0.25, -0.2) is 0 Å². The van der Waals surface area contributed by atoms with Crippen LogP contribution in [0.3, 0.4) is 0 Å². The molecular weight excluding hydrogens is 841 g/mol. The van der Waals surface area contributed by atoms with Crippen molar-refractivity contribution in [2.45, 2.75) is 365 Å². The molecule has 0 nitrogen and oxygen atoms in total. The van der Waals surface area contributed by atoms with E-state index in [1.165, 1.54) is 281 Å². The van der Waals surface area contributed by atoms with Gasteiger partial charge >= 0.3 is 0 Å². The maximum absolute atomic E-state index is 2.41. The Labute approximate surface area is 445 Å². The summed E-state index contributed by atoms with van der Waals surface area (Å²) >= 11 is 0. The smallest absolute Gasteiger partial charge is 0.0279 e. The topological polar surface area (TPSA) is 0 Å². The zero-order valence-corrected chi connectivity index (χ0v) is 50.5. The third kappa shape index (κ3) is 38.7. The second-order valence-corrected chi connectivity index (χ2v) is 25.0. The molecule has 4 saturated carbocycles. The van der Waals surface area contributed by atoms with Gasteiger partial charge in [0.25, 0.3) is 0 Å². The molecule has 5 rings (SSSR count). The summed E-state index contributed by atoms with van der Waals surface area (Å²) in [6.45, 7) is 23.0. The molecule has 0 amide bonds. The van der Waals surface area contributed by atoms with Gasteiger partial charge in [0.2, 0.25) is 0 Å². The highest BCUT2D eigenvalue weighted by molar-refractivity contribution is 5.21. The van der Waals surface area contributed by atoms with Crippen molar-refractivity contribution < 1.29 is 0 Å². The summed E-state index contributed by atoms with van der Waals surface area (Å²) in [5.41, 5.74) is 2.85. The Bertz CT molecular complexity index is 1080. The number of rotatable bonds is 30. The minimum absolute atomic E-state index is 1.02. The first kappa shape index (κ1) is 67.2. The van der Waals surface area contributed by atoms with E-state index in [0.29, 0.717) is 0 Å². The molecule has 4 fully saturated rings. The van der Waals surface area contributed by atoms with E-state index in [0.717, 1.165) is 47.3 Å². The predicted octanol–water partition coefficient (Wildman–Crippen LogP) is 25.2. The van der Waals surface area contributed by atoms with E-state index in [9.17, 15) is 0 Å². The van der Waals surface area contributed by atoms with Crippen molar-refractivity contribution >= 4 is 0 Å². The zero-order chi connectivity index (χ0) is 51.1. The molecule has 0 N–H and O–H groups in total. The molecule has 1 aromatic rings. The summed E-state index contributed by atoms with van der Waals surface area (Å²) in [5.74, 6) is 8.65. The molecule has 0 aliphatic heterocycles. The summed E-state index contributed by atoms with van der Waals surface area (Å²) < 4.78 is 0. The molecular formula is C70H134. The van der Waals surface area contributed by atoms with Gasteiger partial charge in [0.15, 0.2) is 0 Å². The molecule has 0 atom stereocenters. The van der Waals surface area contributed by atoms with Gasteiger partial charge < -0.3 is 0 Å². The summed E-state index contributed by atoms with van der Waals surface area (Å²) in [7, 11) is 0. The Morgan fingerprint density at radius 1 is 0.271 bits per heavy atom. The van der Waals surface area contributed by atoms with Crippen molar-refractivity contribution in [3.05, 3.63) is 35.4 Å². The van der Waals surface area contributed by atoms with Crippen molar-refractivity contribution in [2.24, 2.45) is 47.3 Å². The van der Waals surface area contributed by atoms with E-state index < -0.39 is 0 Å². The van der Waals surface area contributed by atoms with E-state index in [4.69, 9.17) is 0 Å². The number of aryl methyl sites for hydroxylation is 2. The van der Waals surface area contributed by atoms with Gasteiger partial charge in [0.05, 0.1) is 0 Å². The van der Waals surface area contributed by atoms with Crippen LogP contribution in [0.2, 0.25) is 0 Å². The maximum atomic E-state index is 2.41. The van der Waals surface area contributed by atoms with Crippen molar-refractivity contribution in [2.75, 3.05) is 0 Å². The van der Waals surface area contributed by atoms with Crippen molar-refractivity contribution in [3.63, 3.8) is 0 Å². The van der Waals surface area contributed by atoms with Crippen LogP contribution in [0.1, 0.15) is 362 Å². The molecule has 0 heterocycles. The quantitative estimate of drug-likeness (QED) is 0.0674. The molecule has 0 heteroatoms. The van der Waals surface area contributed by atoms with Gasteiger partial charge in [-0.05, 0) is 72.7 Å². The average Bonchev–Trinajstić information content (AvgIpc) is 3.39. The molecule has 70 heavy (non-hydrogen) atoms. The highest BCUT2D eigenvalue weighted by Crippen LogP contribution is 2.37. The van der Waals surface area contributed by atoms with E-state index in [-0.39, 0.29) is 0 Å². The van der Waals surface area contributed by atoms with Crippen LogP contribution in [-0.2, 0) is 6.42 Å². The molecule has 0 radical (unpaired) electrons. The fraction of sp³-hybridized carbons (Fsp3) is 0.914. The predicted molar refractivity (Wildman–Crippen MR) is 322 cm³/mol. The zero-order valence-electron chi connectivity index (χ0n) is 50.5. The van der Waals surface area contributed by atoms with E-state index in [2.05, 4.69) is 93.5 Å². The average molecular weight is 976 g/mol. The van der Waals surface area contributed by atoms with Gasteiger partial charge in [-0.15, -0.1) is 0 Å². The van der Waals surface area contributed by atoms with Crippen LogP contribution < -0.4 is 0 Å². The Morgan fingerprint density at radius 3 is 0.857 bits per heavy atom. The Balaban J connectivity index is 0.000000441. The molecule has 4 aliphatic rings. The number of hydrogen-bond donors (Lipinski definition) is 0.